The lowest BCUT2D eigenvalue weighted by Crippen LogP contribution is -2.13. The van der Waals surface area contributed by atoms with E-state index in [9.17, 15) is 17.6 Å². The molecule has 1 atom stereocenters. The van der Waals surface area contributed by atoms with E-state index in [1.807, 2.05) is 6.92 Å². The summed E-state index contributed by atoms with van der Waals surface area (Å²) < 4.78 is 50.4. The van der Waals surface area contributed by atoms with Crippen molar-refractivity contribution < 1.29 is 17.6 Å². The Hall–Kier alpha value is -1.07. The molecule has 86 valence electrons. The molecule has 0 radical (unpaired) electrons. The second-order valence-electron chi connectivity index (χ2n) is 3.31. The van der Waals surface area contributed by atoms with Crippen molar-refractivity contribution >= 4 is 0 Å². The van der Waals surface area contributed by atoms with E-state index in [4.69, 9.17) is 0 Å². The van der Waals surface area contributed by atoms with Crippen LogP contribution >= 0.6 is 0 Å². The molecule has 0 aliphatic rings. The molecule has 0 amide bonds. The van der Waals surface area contributed by atoms with E-state index < -0.39 is 18.0 Å². The quantitative estimate of drug-likeness (QED) is 0.719. The molecular weight excluding hydrogens is 212 g/mol. The van der Waals surface area contributed by atoms with Gasteiger partial charge in [-0.1, -0.05) is 13.3 Å². The first-order chi connectivity index (χ1) is 6.93. The van der Waals surface area contributed by atoms with Crippen LogP contribution in [-0.4, -0.2) is 16.0 Å². The molecule has 0 aromatic carbocycles. The van der Waals surface area contributed by atoms with Gasteiger partial charge in [-0.2, -0.15) is 18.3 Å². The van der Waals surface area contributed by atoms with E-state index in [1.165, 1.54) is 0 Å². The van der Waals surface area contributed by atoms with Crippen molar-refractivity contribution in [2.75, 3.05) is 0 Å². The van der Waals surface area contributed by atoms with Gasteiger partial charge in [-0.3, -0.25) is 4.68 Å². The average molecular weight is 224 g/mol. The summed E-state index contributed by atoms with van der Waals surface area (Å²) in [5.41, 5.74) is -0.980. The Bertz CT molecular complexity index is 305. The van der Waals surface area contributed by atoms with Crippen molar-refractivity contribution in [3.63, 3.8) is 0 Å². The van der Waals surface area contributed by atoms with Gasteiger partial charge in [-0.05, 0) is 12.5 Å². The number of aromatic nitrogens is 2. The van der Waals surface area contributed by atoms with Crippen LogP contribution in [0, 0.1) is 0 Å². The van der Waals surface area contributed by atoms with E-state index in [1.54, 1.807) is 0 Å². The van der Waals surface area contributed by atoms with E-state index >= 15 is 0 Å². The van der Waals surface area contributed by atoms with E-state index in [0.717, 1.165) is 16.9 Å². The lowest BCUT2D eigenvalue weighted by molar-refractivity contribution is -0.141. The van der Waals surface area contributed by atoms with Crippen LogP contribution in [0.25, 0.3) is 0 Å². The van der Waals surface area contributed by atoms with Gasteiger partial charge in [0, 0.05) is 6.20 Å². The van der Waals surface area contributed by atoms with Gasteiger partial charge in [0.2, 0.25) is 0 Å². The van der Waals surface area contributed by atoms with Gasteiger partial charge in [-0.15, -0.1) is 0 Å². The SMILES string of the molecule is CCCC(F)Cn1ccc(C(F)(F)F)n1. The van der Waals surface area contributed by atoms with Crippen molar-refractivity contribution in [3.8, 4) is 0 Å². The lowest BCUT2D eigenvalue weighted by atomic mass is 10.2. The fourth-order valence-electron chi connectivity index (χ4n) is 1.22. The van der Waals surface area contributed by atoms with E-state index in [2.05, 4.69) is 5.10 Å². The van der Waals surface area contributed by atoms with Gasteiger partial charge in [0.1, 0.15) is 6.17 Å². The van der Waals surface area contributed by atoms with Crippen LogP contribution in [0.15, 0.2) is 12.3 Å². The predicted molar refractivity (Wildman–Crippen MR) is 47.0 cm³/mol. The highest BCUT2D eigenvalue weighted by Gasteiger charge is 2.33. The van der Waals surface area contributed by atoms with Crippen LogP contribution in [0.5, 0.6) is 0 Å². The lowest BCUT2D eigenvalue weighted by Gasteiger charge is -2.06. The van der Waals surface area contributed by atoms with E-state index in [0.29, 0.717) is 12.8 Å². The van der Waals surface area contributed by atoms with Gasteiger partial charge in [0.05, 0.1) is 6.54 Å². The van der Waals surface area contributed by atoms with Crippen molar-refractivity contribution in [1.82, 2.24) is 9.78 Å². The molecule has 15 heavy (non-hydrogen) atoms. The van der Waals surface area contributed by atoms with Crippen molar-refractivity contribution in [1.29, 1.82) is 0 Å². The Morgan fingerprint density at radius 2 is 2.13 bits per heavy atom. The summed E-state index contributed by atoms with van der Waals surface area (Å²) in [4.78, 5) is 0. The number of hydrogen-bond acceptors (Lipinski definition) is 1. The summed E-state index contributed by atoms with van der Waals surface area (Å²) in [5, 5.41) is 3.26. The predicted octanol–water partition coefficient (Wildman–Crippen LogP) is 3.04. The highest BCUT2D eigenvalue weighted by Crippen LogP contribution is 2.27. The molecule has 0 saturated heterocycles. The highest BCUT2D eigenvalue weighted by atomic mass is 19.4. The minimum atomic E-state index is -4.46. The molecule has 2 nitrogen and oxygen atoms in total. The van der Waals surface area contributed by atoms with Crippen molar-refractivity contribution in [2.45, 2.75) is 38.7 Å². The first kappa shape index (κ1) is 12.0. The molecule has 0 N–H and O–H groups in total. The maximum absolute atomic E-state index is 13.1. The van der Waals surface area contributed by atoms with Gasteiger partial charge in [-0.25, -0.2) is 4.39 Å². The maximum atomic E-state index is 13.1. The molecule has 0 bridgehead atoms. The third kappa shape index (κ3) is 3.53. The number of alkyl halides is 4. The zero-order valence-electron chi connectivity index (χ0n) is 8.26. The van der Waals surface area contributed by atoms with Gasteiger partial charge < -0.3 is 0 Å². The van der Waals surface area contributed by atoms with Crippen LogP contribution in [0.2, 0.25) is 0 Å². The minimum absolute atomic E-state index is 0.121. The van der Waals surface area contributed by atoms with Gasteiger partial charge >= 0.3 is 6.18 Å². The van der Waals surface area contributed by atoms with Gasteiger partial charge in [0.15, 0.2) is 5.69 Å². The maximum Gasteiger partial charge on any atom is 0.435 e. The molecular formula is C9H12F4N2. The zero-order valence-corrected chi connectivity index (χ0v) is 8.26. The number of hydrogen-bond donors (Lipinski definition) is 0. The molecule has 0 aliphatic heterocycles. The summed E-state index contributed by atoms with van der Waals surface area (Å²) >= 11 is 0. The Morgan fingerprint density at radius 3 is 2.60 bits per heavy atom. The monoisotopic (exact) mass is 224 g/mol. The van der Waals surface area contributed by atoms with Crippen molar-refractivity contribution in [3.05, 3.63) is 18.0 Å². The van der Waals surface area contributed by atoms with E-state index in [-0.39, 0.29) is 6.54 Å². The number of rotatable bonds is 4. The molecule has 0 aliphatic carbocycles. The molecule has 1 unspecified atom stereocenters. The third-order valence-electron chi connectivity index (χ3n) is 1.92. The Kier molecular flexibility index (Phi) is 3.71. The molecule has 0 fully saturated rings. The molecule has 1 aromatic rings. The summed E-state index contributed by atoms with van der Waals surface area (Å²) in [6.45, 7) is 1.70. The largest absolute Gasteiger partial charge is 0.435 e. The molecule has 0 spiro atoms. The smallest absolute Gasteiger partial charge is 0.269 e. The normalized spacial score (nSPS) is 14.2. The first-order valence-electron chi connectivity index (χ1n) is 4.68. The summed E-state index contributed by atoms with van der Waals surface area (Å²) in [6, 6.07) is 0.846. The Labute approximate surface area is 84.9 Å². The summed E-state index contributed by atoms with van der Waals surface area (Å²) in [5.74, 6) is 0. The number of nitrogens with zero attached hydrogens (tertiary/aromatic N) is 2. The fraction of sp³-hybridized carbons (Fsp3) is 0.667. The molecule has 0 saturated carbocycles. The number of halogens is 4. The van der Waals surface area contributed by atoms with Crippen molar-refractivity contribution in [2.24, 2.45) is 0 Å². The van der Waals surface area contributed by atoms with Crippen LogP contribution in [-0.2, 0) is 12.7 Å². The fourth-order valence-corrected chi connectivity index (χ4v) is 1.22. The second kappa shape index (κ2) is 4.63. The molecule has 1 rings (SSSR count). The van der Waals surface area contributed by atoms with Crippen LogP contribution < -0.4 is 0 Å². The highest BCUT2D eigenvalue weighted by molar-refractivity contribution is 5.03. The Morgan fingerprint density at radius 1 is 1.47 bits per heavy atom. The summed E-state index contributed by atoms with van der Waals surface area (Å²) in [7, 11) is 0. The summed E-state index contributed by atoms with van der Waals surface area (Å²) in [6.07, 6.45) is -3.46. The third-order valence-corrected chi connectivity index (χ3v) is 1.92. The second-order valence-corrected chi connectivity index (χ2v) is 3.31. The molecule has 1 heterocycles. The van der Waals surface area contributed by atoms with Crippen LogP contribution in [0.4, 0.5) is 17.6 Å². The molecule has 1 aromatic heterocycles. The standard InChI is InChI=1S/C9H12F4N2/c1-2-3-7(10)6-15-5-4-8(14-15)9(11,12)13/h4-5,7H,2-3,6H2,1H3. The average Bonchev–Trinajstić information content (AvgIpc) is 2.52. The topological polar surface area (TPSA) is 17.8 Å². The Balaban J connectivity index is 2.61. The van der Waals surface area contributed by atoms with Crippen LogP contribution in [0.3, 0.4) is 0 Å². The first-order valence-corrected chi connectivity index (χ1v) is 4.68. The minimum Gasteiger partial charge on any atom is -0.269 e. The van der Waals surface area contributed by atoms with Gasteiger partial charge in [0.25, 0.3) is 0 Å². The zero-order chi connectivity index (χ0) is 11.5. The molecule has 6 heteroatoms. The van der Waals surface area contributed by atoms with Crippen LogP contribution in [0.1, 0.15) is 25.5 Å².